The van der Waals surface area contributed by atoms with Crippen LogP contribution in [0, 0.1) is 0 Å². The van der Waals surface area contributed by atoms with Gasteiger partial charge in [0.15, 0.2) is 11.5 Å². The standard InChI is InChI=1S/C12H9NO4/c14-11-5-8(12(15)13-11)3-7-1-2-9-10(4-7)17-6-16-9/h1-4H,5-6H2,(H,13,14,15). The molecule has 0 saturated carbocycles. The van der Waals surface area contributed by atoms with Gasteiger partial charge in [-0.2, -0.15) is 0 Å². The van der Waals surface area contributed by atoms with Crippen LogP contribution in [0.2, 0.25) is 0 Å². The molecule has 1 N–H and O–H groups in total. The van der Waals surface area contributed by atoms with Crippen LogP contribution in [0.25, 0.3) is 6.08 Å². The second kappa shape index (κ2) is 3.62. The third-order valence-electron chi connectivity index (χ3n) is 2.63. The van der Waals surface area contributed by atoms with Gasteiger partial charge in [0.25, 0.3) is 5.91 Å². The molecule has 86 valence electrons. The van der Waals surface area contributed by atoms with Gasteiger partial charge in [0.05, 0.1) is 6.42 Å². The zero-order valence-electron chi connectivity index (χ0n) is 8.86. The number of nitrogens with one attached hydrogen (secondary N) is 1. The van der Waals surface area contributed by atoms with Gasteiger partial charge in [0, 0.05) is 5.57 Å². The maximum atomic E-state index is 11.4. The lowest BCUT2D eigenvalue weighted by atomic mass is 10.1. The summed E-state index contributed by atoms with van der Waals surface area (Å²) >= 11 is 0. The summed E-state index contributed by atoms with van der Waals surface area (Å²) in [4.78, 5) is 22.4. The highest BCUT2D eigenvalue weighted by Crippen LogP contribution is 2.33. The molecule has 1 saturated heterocycles. The topological polar surface area (TPSA) is 64.6 Å². The number of fused-ring (bicyclic) bond motifs is 1. The minimum absolute atomic E-state index is 0.132. The number of imide groups is 1. The fraction of sp³-hybridized carbons (Fsp3) is 0.167. The number of hydrogen-bond donors (Lipinski definition) is 1. The fourth-order valence-corrected chi connectivity index (χ4v) is 1.83. The van der Waals surface area contributed by atoms with E-state index in [9.17, 15) is 9.59 Å². The number of ether oxygens (including phenoxy) is 2. The van der Waals surface area contributed by atoms with Crippen LogP contribution in [0.3, 0.4) is 0 Å². The van der Waals surface area contributed by atoms with Crippen LogP contribution in [-0.4, -0.2) is 18.6 Å². The average Bonchev–Trinajstić information content (AvgIpc) is 2.85. The van der Waals surface area contributed by atoms with E-state index >= 15 is 0 Å². The number of carbonyl (C=O) groups excluding carboxylic acids is 2. The minimum Gasteiger partial charge on any atom is -0.454 e. The first-order chi connectivity index (χ1) is 8.22. The highest BCUT2D eigenvalue weighted by molar-refractivity contribution is 6.15. The Morgan fingerprint density at radius 1 is 1.18 bits per heavy atom. The number of amides is 2. The molecule has 5 nitrogen and oxygen atoms in total. The summed E-state index contributed by atoms with van der Waals surface area (Å²) in [6, 6.07) is 5.38. The normalized spacial score (nSPS) is 19.9. The van der Waals surface area contributed by atoms with Crippen LogP contribution in [0.5, 0.6) is 11.5 Å². The molecule has 2 aliphatic rings. The van der Waals surface area contributed by atoms with Crippen molar-refractivity contribution in [1.29, 1.82) is 0 Å². The van der Waals surface area contributed by atoms with E-state index in [2.05, 4.69) is 5.32 Å². The van der Waals surface area contributed by atoms with E-state index in [0.29, 0.717) is 17.1 Å². The quantitative estimate of drug-likeness (QED) is 0.574. The first-order valence-electron chi connectivity index (χ1n) is 5.17. The summed E-state index contributed by atoms with van der Waals surface area (Å²) in [7, 11) is 0. The molecule has 1 fully saturated rings. The van der Waals surface area contributed by atoms with Crippen molar-refractivity contribution in [2.24, 2.45) is 0 Å². The molecule has 0 aromatic heterocycles. The SMILES string of the molecule is O=C1CC(=Cc2ccc3c(c2)OCO3)C(=O)N1. The van der Waals surface area contributed by atoms with E-state index in [0.717, 1.165) is 5.56 Å². The maximum absolute atomic E-state index is 11.4. The molecular weight excluding hydrogens is 222 g/mol. The molecule has 0 radical (unpaired) electrons. The van der Waals surface area contributed by atoms with Gasteiger partial charge in [-0.3, -0.25) is 14.9 Å². The molecular formula is C12H9NO4. The Kier molecular flexibility index (Phi) is 2.11. The van der Waals surface area contributed by atoms with Crippen LogP contribution in [0.4, 0.5) is 0 Å². The monoisotopic (exact) mass is 231 g/mol. The first-order valence-corrected chi connectivity index (χ1v) is 5.17. The van der Waals surface area contributed by atoms with Crippen molar-refractivity contribution < 1.29 is 19.1 Å². The van der Waals surface area contributed by atoms with Gasteiger partial charge in [0.2, 0.25) is 12.7 Å². The molecule has 0 atom stereocenters. The second-order valence-electron chi connectivity index (χ2n) is 3.84. The number of benzene rings is 1. The lowest BCUT2D eigenvalue weighted by Crippen LogP contribution is -2.19. The molecule has 0 bridgehead atoms. The summed E-state index contributed by atoms with van der Waals surface area (Å²) in [5, 5.41) is 2.24. The van der Waals surface area contributed by atoms with Crippen molar-refractivity contribution in [2.75, 3.05) is 6.79 Å². The van der Waals surface area contributed by atoms with Crippen LogP contribution in [0.1, 0.15) is 12.0 Å². The Labute approximate surface area is 97.0 Å². The highest BCUT2D eigenvalue weighted by atomic mass is 16.7. The molecule has 1 aromatic carbocycles. The summed E-state index contributed by atoms with van der Waals surface area (Å²) in [5.74, 6) is 0.762. The Hall–Kier alpha value is -2.30. The predicted molar refractivity (Wildman–Crippen MR) is 58.3 cm³/mol. The molecule has 5 heteroatoms. The van der Waals surface area contributed by atoms with Crippen LogP contribution < -0.4 is 14.8 Å². The minimum atomic E-state index is -0.326. The van der Waals surface area contributed by atoms with Gasteiger partial charge < -0.3 is 9.47 Å². The smallest absolute Gasteiger partial charge is 0.254 e. The predicted octanol–water partition coefficient (Wildman–Crippen LogP) is 0.845. The Bertz CT molecular complexity index is 547. The lowest BCUT2D eigenvalue weighted by molar-refractivity contribution is -0.124. The van der Waals surface area contributed by atoms with Crippen LogP contribution in [-0.2, 0) is 9.59 Å². The van der Waals surface area contributed by atoms with E-state index in [1.807, 2.05) is 6.07 Å². The van der Waals surface area contributed by atoms with Crippen molar-refractivity contribution in [2.45, 2.75) is 6.42 Å². The molecule has 1 aromatic rings. The summed E-state index contributed by atoms with van der Waals surface area (Å²) in [6.45, 7) is 0.217. The van der Waals surface area contributed by atoms with Crippen LogP contribution >= 0.6 is 0 Å². The fourth-order valence-electron chi connectivity index (χ4n) is 1.83. The Balaban J connectivity index is 1.93. The van der Waals surface area contributed by atoms with Gasteiger partial charge in [-0.15, -0.1) is 0 Å². The summed E-state index contributed by atoms with van der Waals surface area (Å²) in [5.41, 5.74) is 1.28. The number of hydrogen-bond acceptors (Lipinski definition) is 4. The molecule has 17 heavy (non-hydrogen) atoms. The summed E-state index contributed by atoms with van der Waals surface area (Å²) in [6.07, 6.45) is 1.81. The highest BCUT2D eigenvalue weighted by Gasteiger charge is 2.23. The van der Waals surface area contributed by atoms with Gasteiger partial charge >= 0.3 is 0 Å². The molecule has 0 unspecified atom stereocenters. The Morgan fingerprint density at radius 2 is 2.00 bits per heavy atom. The van der Waals surface area contributed by atoms with E-state index in [1.165, 1.54) is 0 Å². The lowest BCUT2D eigenvalue weighted by Gasteiger charge is -1.98. The molecule has 2 heterocycles. The van der Waals surface area contributed by atoms with Gasteiger partial charge in [-0.1, -0.05) is 6.07 Å². The second-order valence-corrected chi connectivity index (χ2v) is 3.84. The van der Waals surface area contributed by atoms with E-state index in [1.54, 1.807) is 18.2 Å². The van der Waals surface area contributed by atoms with Crippen LogP contribution in [0.15, 0.2) is 23.8 Å². The summed E-state index contributed by atoms with van der Waals surface area (Å²) < 4.78 is 10.4. The van der Waals surface area contributed by atoms with Gasteiger partial charge in [0.1, 0.15) is 0 Å². The Morgan fingerprint density at radius 3 is 2.76 bits per heavy atom. The molecule has 2 aliphatic heterocycles. The van der Waals surface area contributed by atoms with Crippen molar-refractivity contribution in [3.63, 3.8) is 0 Å². The average molecular weight is 231 g/mol. The van der Waals surface area contributed by atoms with Crippen molar-refractivity contribution in [3.8, 4) is 11.5 Å². The zero-order chi connectivity index (χ0) is 11.8. The molecule has 3 rings (SSSR count). The third kappa shape index (κ3) is 1.75. The van der Waals surface area contributed by atoms with E-state index in [-0.39, 0.29) is 25.0 Å². The van der Waals surface area contributed by atoms with E-state index in [4.69, 9.17) is 9.47 Å². The van der Waals surface area contributed by atoms with Crippen molar-refractivity contribution in [1.82, 2.24) is 5.32 Å². The maximum Gasteiger partial charge on any atom is 0.254 e. The number of carbonyl (C=O) groups is 2. The zero-order valence-corrected chi connectivity index (χ0v) is 8.86. The molecule has 2 amide bonds. The van der Waals surface area contributed by atoms with Gasteiger partial charge in [-0.25, -0.2) is 0 Å². The first kappa shape index (κ1) is 9.89. The van der Waals surface area contributed by atoms with E-state index < -0.39 is 0 Å². The third-order valence-corrected chi connectivity index (χ3v) is 2.63. The molecule has 0 spiro atoms. The van der Waals surface area contributed by atoms with Crippen molar-refractivity contribution in [3.05, 3.63) is 29.3 Å². The number of rotatable bonds is 1. The van der Waals surface area contributed by atoms with Gasteiger partial charge in [-0.05, 0) is 23.8 Å². The largest absolute Gasteiger partial charge is 0.454 e. The molecule has 0 aliphatic carbocycles. The van der Waals surface area contributed by atoms with Crippen molar-refractivity contribution >= 4 is 17.9 Å².